The summed E-state index contributed by atoms with van der Waals surface area (Å²) in [5.41, 5.74) is 5.23. The molecule has 0 spiro atoms. The van der Waals surface area contributed by atoms with Gasteiger partial charge in [0.25, 0.3) is 0 Å². The van der Waals surface area contributed by atoms with Crippen molar-refractivity contribution < 1.29 is 10.2 Å². The number of aromatic nitrogens is 3. The largest absolute Gasteiger partial charge is 0.508 e. The molecule has 0 saturated heterocycles. The van der Waals surface area contributed by atoms with Gasteiger partial charge in [-0.1, -0.05) is 37.0 Å². The number of aliphatic hydroxyl groups is 1. The predicted molar refractivity (Wildman–Crippen MR) is 155 cm³/mol. The van der Waals surface area contributed by atoms with Gasteiger partial charge < -0.3 is 10.2 Å². The molecule has 40 heavy (non-hydrogen) atoms. The summed E-state index contributed by atoms with van der Waals surface area (Å²) in [5, 5.41) is 22.2. The standard InChI is InChI=1S/C35H33N3O2/c1-34-15-13-27-26-11-9-25(39)22-24(26)8-10-28(27)29(34)14-17-35(34,40)16-12-23-20-32(30-6-2-4-18-36-30)38-33(21-23)31-7-3-5-19-37-31/h2-7,9,11,18-22,27-29,39-40H,8,10,13-15,17H2,1H3/t27-,28-,29+,34+,35+/m1/s1. The number of fused-ring (bicyclic) bond motifs is 5. The van der Waals surface area contributed by atoms with Crippen molar-refractivity contribution in [1.82, 2.24) is 15.0 Å². The SMILES string of the molecule is C[C@]12CC[C@@H]3c4ccc(O)cc4CC[C@H]3[C@@H]1CC[C@@]2(O)C#Cc1cc(-c2ccccn2)nc(-c2ccccn2)c1. The first-order chi connectivity index (χ1) is 19.4. The third-order valence-corrected chi connectivity index (χ3v) is 9.96. The van der Waals surface area contributed by atoms with E-state index in [9.17, 15) is 10.2 Å². The number of phenolic OH excluding ortho intramolecular Hbond substituents is 1. The van der Waals surface area contributed by atoms with E-state index in [-0.39, 0.29) is 5.41 Å². The lowest BCUT2D eigenvalue weighted by molar-refractivity contribution is -0.0647. The van der Waals surface area contributed by atoms with Crippen molar-refractivity contribution >= 4 is 0 Å². The molecular formula is C35H33N3O2. The molecule has 7 rings (SSSR count). The van der Waals surface area contributed by atoms with Crippen molar-refractivity contribution in [3.05, 3.63) is 95.8 Å². The Balaban J connectivity index is 1.23. The number of hydrogen-bond donors (Lipinski definition) is 2. The van der Waals surface area contributed by atoms with E-state index in [1.807, 2.05) is 60.7 Å². The van der Waals surface area contributed by atoms with Crippen LogP contribution in [0.25, 0.3) is 22.8 Å². The van der Waals surface area contributed by atoms with Crippen molar-refractivity contribution in [3.8, 4) is 40.4 Å². The molecule has 4 aromatic rings. The summed E-state index contributed by atoms with van der Waals surface area (Å²) < 4.78 is 0. The second kappa shape index (κ2) is 9.57. The number of aromatic hydroxyl groups is 1. The second-order valence-corrected chi connectivity index (χ2v) is 12.0. The van der Waals surface area contributed by atoms with Gasteiger partial charge >= 0.3 is 0 Å². The molecule has 2 fully saturated rings. The van der Waals surface area contributed by atoms with Gasteiger partial charge in [-0.3, -0.25) is 9.97 Å². The summed E-state index contributed by atoms with van der Waals surface area (Å²) in [6.45, 7) is 2.27. The highest BCUT2D eigenvalue weighted by atomic mass is 16.3. The first-order valence-corrected chi connectivity index (χ1v) is 14.4. The molecule has 5 atom stereocenters. The van der Waals surface area contributed by atoms with E-state index in [1.54, 1.807) is 12.4 Å². The summed E-state index contributed by atoms with van der Waals surface area (Å²) in [5.74, 6) is 8.60. The Hall–Kier alpha value is -4.01. The lowest BCUT2D eigenvalue weighted by Gasteiger charge is -2.52. The summed E-state index contributed by atoms with van der Waals surface area (Å²) in [6.07, 6.45) is 9.30. The average Bonchev–Trinajstić information content (AvgIpc) is 3.27. The second-order valence-electron chi connectivity index (χ2n) is 12.0. The topological polar surface area (TPSA) is 79.1 Å². The summed E-state index contributed by atoms with van der Waals surface area (Å²) in [6, 6.07) is 21.4. The highest BCUT2D eigenvalue weighted by molar-refractivity contribution is 5.65. The van der Waals surface area contributed by atoms with Gasteiger partial charge in [0.15, 0.2) is 0 Å². The van der Waals surface area contributed by atoms with Gasteiger partial charge in [0.2, 0.25) is 0 Å². The van der Waals surface area contributed by atoms with Crippen LogP contribution >= 0.6 is 0 Å². The molecule has 200 valence electrons. The van der Waals surface area contributed by atoms with E-state index in [2.05, 4.69) is 34.8 Å². The van der Waals surface area contributed by atoms with Gasteiger partial charge in [-0.2, -0.15) is 0 Å². The van der Waals surface area contributed by atoms with Gasteiger partial charge in [-0.15, -0.1) is 0 Å². The number of aryl methyl sites for hydroxylation is 1. The minimum absolute atomic E-state index is 0.254. The van der Waals surface area contributed by atoms with Crippen LogP contribution in [0, 0.1) is 29.1 Å². The number of benzene rings is 1. The van der Waals surface area contributed by atoms with Crippen molar-refractivity contribution in [2.75, 3.05) is 0 Å². The molecule has 3 heterocycles. The summed E-state index contributed by atoms with van der Waals surface area (Å²) in [7, 11) is 0. The van der Waals surface area contributed by atoms with Crippen LogP contribution in [-0.2, 0) is 6.42 Å². The van der Waals surface area contributed by atoms with E-state index in [0.29, 0.717) is 29.9 Å². The minimum atomic E-state index is -1.04. The van der Waals surface area contributed by atoms with Gasteiger partial charge in [-0.25, -0.2) is 4.98 Å². The lowest BCUT2D eigenvalue weighted by Crippen LogP contribution is -2.50. The molecule has 0 unspecified atom stereocenters. The first kappa shape index (κ1) is 25.0. The Kier molecular flexibility index (Phi) is 5.98. The smallest absolute Gasteiger partial charge is 0.131 e. The fourth-order valence-electron chi connectivity index (χ4n) is 7.86. The van der Waals surface area contributed by atoms with Crippen molar-refractivity contribution in [1.29, 1.82) is 0 Å². The molecule has 5 heteroatoms. The highest BCUT2D eigenvalue weighted by Gasteiger charge is 2.61. The van der Waals surface area contributed by atoms with Crippen molar-refractivity contribution in [2.24, 2.45) is 17.3 Å². The third kappa shape index (κ3) is 4.10. The number of rotatable bonds is 2. The van der Waals surface area contributed by atoms with Crippen molar-refractivity contribution in [3.63, 3.8) is 0 Å². The monoisotopic (exact) mass is 527 g/mol. The molecule has 2 saturated carbocycles. The predicted octanol–water partition coefficient (Wildman–Crippen LogP) is 6.55. The zero-order valence-electron chi connectivity index (χ0n) is 22.7. The average molecular weight is 528 g/mol. The van der Waals surface area contributed by atoms with Gasteiger partial charge in [0, 0.05) is 23.4 Å². The number of nitrogens with zero attached hydrogens (tertiary/aromatic N) is 3. The number of hydrogen-bond acceptors (Lipinski definition) is 5. The quantitative estimate of drug-likeness (QED) is 0.289. The third-order valence-electron chi connectivity index (χ3n) is 9.96. The zero-order chi connectivity index (χ0) is 27.3. The van der Waals surface area contributed by atoms with E-state index in [0.717, 1.165) is 60.4 Å². The van der Waals surface area contributed by atoms with Gasteiger partial charge in [0.05, 0.1) is 22.8 Å². The van der Waals surface area contributed by atoms with Crippen LogP contribution in [0.4, 0.5) is 0 Å². The van der Waals surface area contributed by atoms with Crippen LogP contribution < -0.4 is 0 Å². The van der Waals surface area contributed by atoms with Gasteiger partial charge in [-0.05, 0) is 116 Å². The fourth-order valence-corrected chi connectivity index (χ4v) is 7.86. The van der Waals surface area contributed by atoms with Crippen LogP contribution in [0.15, 0.2) is 79.1 Å². The van der Waals surface area contributed by atoms with Crippen molar-refractivity contribution in [2.45, 2.75) is 57.0 Å². The Morgan fingerprint density at radius 3 is 2.23 bits per heavy atom. The molecule has 0 bridgehead atoms. The van der Waals surface area contributed by atoms with Crippen LogP contribution in [0.1, 0.15) is 61.6 Å². The Labute approximate surface area is 235 Å². The van der Waals surface area contributed by atoms with Gasteiger partial charge in [0.1, 0.15) is 11.4 Å². The van der Waals surface area contributed by atoms with Crippen LogP contribution in [-0.4, -0.2) is 30.8 Å². The lowest BCUT2D eigenvalue weighted by atomic mass is 9.53. The van der Waals surface area contributed by atoms with Crippen LogP contribution in [0.2, 0.25) is 0 Å². The molecule has 3 aliphatic carbocycles. The van der Waals surface area contributed by atoms with E-state index < -0.39 is 5.60 Å². The van der Waals surface area contributed by atoms with E-state index in [4.69, 9.17) is 4.98 Å². The maximum atomic E-state index is 12.2. The summed E-state index contributed by atoms with van der Waals surface area (Å²) in [4.78, 5) is 13.9. The molecule has 1 aromatic carbocycles. The highest BCUT2D eigenvalue weighted by Crippen LogP contribution is 2.64. The molecule has 5 nitrogen and oxygen atoms in total. The molecule has 0 aliphatic heterocycles. The Morgan fingerprint density at radius 1 is 0.825 bits per heavy atom. The Bertz CT molecular complexity index is 1570. The minimum Gasteiger partial charge on any atom is -0.508 e. The van der Waals surface area contributed by atoms with E-state index >= 15 is 0 Å². The first-order valence-electron chi connectivity index (χ1n) is 14.4. The van der Waals surface area contributed by atoms with Crippen LogP contribution in [0.3, 0.4) is 0 Å². The van der Waals surface area contributed by atoms with Crippen LogP contribution in [0.5, 0.6) is 5.75 Å². The van der Waals surface area contributed by atoms with E-state index in [1.165, 1.54) is 11.1 Å². The number of pyridine rings is 3. The molecule has 0 amide bonds. The fraction of sp³-hybridized carbons (Fsp3) is 0.343. The molecule has 0 radical (unpaired) electrons. The Morgan fingerprint density at radius 2 is 1.55 bits per heavy atom. The molecule has 3 aromatic heterocycles. The molecular weight excluding hydrogens is 494 g/mol. The normalized spacial score (nSPS) is 28.5. The molecule has 2 N–H and O–H groups in total. The molecule has 3 aliphatic rings. The maximum Gasteiger partial charge on any atom is 0.131 e. The zero-order valence-corrected chi connectivity index (χ0v) is 22.7. The summed E-state index contributed by atoms with van der Waals surface area (Å²) >= 11 is 0. The number of phenols is 1. The maximum absolute atomic E-state index is 12.2.